The van der Waals surface area contributed by atoms with E-state index in [1.54, 1.807) is 0 Å². The van der Waals surface area contributed by atoms with Gasteiger partial charge in [-0.15, -0.1) is 0 Å². The Balaban J connectivity index is 1.99. The summed E-state index contributed by atoms with van der Waals surface area (Å²) in [4.78, 5) is 2.74. The molecule has 0 radical (unpaired) electrons. The number of nitrogens with one attached hydrogen (secondary N) is 1. The predicted molar refractivity (Wildman–Crippen MR) is 75.9 cm³/mol. The maximum atomic E-state index is 5.32. The zero-order chi connectivity index (χ0) is 13.0. The van der Waals surface area contributed by atoms with E-state index in [1.807, 2.05) is 7.11 Å². The van der Waals surface area contributed by atoms with Gasteiger partial charge in [0, 0.05) is 31.8 Å². The molecule has 3 atom stereocenters. The molecule has 2 aliphatic carbocycles. The Morgan fingerprint density at radius 1 is 1.22 bits per heavy atom. The van der Waals surface area contributed by atoms with Gasteiger partial charge in [0.1, 0.15) is 0 Å². The Morgan fingerprint density at radius 2 is 1.94 bits per heavy atom. The molecule has 2 aliphatic rings. The maximum absolute atomic E-state index is 5.32. The Labute approximate surface area is 112 Å². The highest BCUT2D eigenvalue weighted by Crippen LogP contribution is 2.37. The van der Waals surface area contributed by atoms with E-state index in [-0.39, 0.29) is 0 Å². The van der Waals surface area contributed by atoms with Crippen molar-refractivity contribution in [2.24, 2.45) is 5.92 Å². The molecule has 2 fully saturated rings. The van der Waals surface area contributed by atoms with Gasteiger partial charge in [-0.1, -0.05) is 12.8 Å². The lowest BCUT2D eigenvalue weighted by molar-refractivity contribution is 0.0493. The molecule has 3 heteroatoms. The lowest BCUT2D eigenvalue weighted by atomic mass is 9.88. The minimum absolute atomic E-state index is 0.678. The van der Waals surface area contributed by atoms with Gasteiger partial charge in [0.05, 0.1) is 6.61 Å². The van der Waals surface area contributed by atoms with Gasteiger partial charge in [0.2, 0.25) is 0 Å². The van der Waals surface area contributed by atoms with Crippen LogP contribution in [-0.4, -0.2) is 50.3 Å². The molecule has 18 heavy (non-hydrogen) atoms. The van der Waals surface area contributed by atoms with E-state index in [2.05, 4.69) is 24.2 Å². The molecule has 0 heterocycles. The molecular weight excluding hydrogens is 224 g/mol. The van der Waals surface area contributed by atoms with Crippen molar-refractivity contribution in [1.29, 1.82) is 0 Å². The second-order valence-electron chi connectivity index (χ2n) is 6.06. The van der Waals surface area contributed by atoms with Crippen LogP contribution >= 0.6 is 0 Å². The molecule has 106 valence electrons. The topological polar surface area (TPSA) is 24.5 Å². The van der Waals surface area contributed by atoms with Gasteiger partial charge >= 0.3 is 0 Å². The Hall–Kier alpha value is -0.120. The summed E-state index contributed by atoms with van der Waals surface area (Å²) in [6.45, 7) is 4.38. The van der Waals surface area contributed by atoms with Crippen molar-refractivity contribution in [1.82, 2.24) is 10.2 Å². The molecule has 0 spiro atoms. The van der Waals surface area contributed by atoms with Crippen LogP contribution in [-0.2, 0) is 4.74 Å². The fraction of sp³-hybridized carbons (Fsp3) is 1.00. The SMILES string of the molecule is CNC1CCCCC1N(CCOC)C(C)C1CC1. The van der Waals surface area contributed by atoms with Gasteiger partial charge in [-0.3, -0.25) is 4.90 Å². The van der Waals surface area contributed by atoms with Gasteiger partial charge in [0.15, 0.2) is 0 Å². The third-order valence-corrected chi connectivity index (χ3v) is 4.91. The number of nitrogens with zero attached hydrogens (tertiary/aromatic N) is 1. The molecule has 0 aromatic heterocycles. The van der Waals surface area contributed by atoms with Crippen molar-refractivity contribution < 1.29 is 4.74 Å². The molecule has 1 N–H and O–H groups in total. The van der Waals surface area contributed by atoms with Crippen molar-refractivity contribution in [2.75, 3.05) is 27.3 Å². The average Bonchev–Trinajstić information content (AvgIpc) is 3.23. The van der Waals surface area contributed by atoms with E-state index in [4.69, 9.17) is 4.74 Å². The molecule has 3 nitrogen and oxygen atoms in total. The van der Waals surface area contributed by atoms with Crippen LogP contribution in [0.25, 0.3) is 0 Å². The van der Waals surface area contributed by atoms with Crippen LogP contribution in [0.4, 0.5) is 0 Å². The summed E-state index contributed by atoms with van der Waals surface area (Å²) in [5.74, 6) is 0.946. The molecule has 0 saturated heterocycles. The Kier molecular flexibility index (Phi) is 5.46. The van der Waals surface area contributed by atoms with Crippen molar-refractivity contribution in [3.8, 4) is 0 Å². The number of rotatable bonds is 7. The van der Waals surface area contributed by atoms with Crippen molar-refractivity contribution in [3.63, 3.8) is 0 Å². The zero-order valence-electron chi connectivity index (χ0n) is 12.3. The molecule has 0 aromatic carbocycles. The molecule has 0 amide bonds. The fourth-order valence-electron chi connectivity index (χ4n) is 3.56. The van der Waals surface area contributed by atoms with Crippen LogP contribution in [0.2, 0.25) is 0 Å². The van der Waals surface area contributed by atoms with E-state index in [1.165, 1.54) is 38.5 Å². The van der Waals surface area contributed by atoms with Gasteiger partial charge in [-0.2, -0.15) is 0 Å². The second-order valence-corrected chi connectivity index (χ2v) is 6.06. The van der Waals surface area contributed by atoms with E-state index < -0.39 is 0 Å². The molecule has 0 aromatic rings. The Bertz CT molecular complexity index is 243. The highest BCUT2D eigenvalue weighted by Gasteiger charge is 2.37. The number of likely N-dealkylation sites (N-methyl/N-ethyl adjacent to an activating group) is 1. The number of hydrogen-bond acceptors (Lipinski definition) is 3. The summed E-state index contributed by atoms with van der Waals surface area (Å²) in [6, 6.07) is 2.13. The van der Waals surface area contributed by atoms with Gasteiger partial charge in [0.25, 0.3) is 0 Å². The largest absolute Gasteiger partial charge is 0.383 e. The maximum Gasteiger partial charge on any atom is 0.0589 e. The first-order chi connectivity index (χ1) is 8.77. The van der Waals surface area contributed by atoms with E-state index >= 15 is 0 Å². The van der Waals surface area contributed by atoms with Crippen molar-refractivity contribution in [3.05, 3.63) is 0 Å². The standard InChI is InChI=1S/C15H30N2O/c1-12(13-8-9-13)17(10-11-18-3)15-7-5-4-6-14(15)16-2/h12-16H,4-11H2,1-3H3. The first-order valence-corrected chi connectivity index (χ1v) is 7.70. The third kappa shape index (κ3) is 3.46. The normalized spacial score (nSPS) is 30.7. The van der Waals surface area contributed by atoms with E-state index in [0.717, 1.165) is 31.2 Å². The van der Waals surface area contributed by atoms with Crippen molar-refractivity contribution >= 4 is 0 Å². The minimum atomic E-state index is 0.678. The first-order valence-electron chi connectivity index (χ1n) is 7.70. The van der Waals surface area contributed by atoms with Gasteiger partial charge < -0.3 is 10.1 Å². The molecule has 3 unspecified atom stereocenters. The van der Waals surface area contributed by atoms with Gasteiger partial charge in [-0.25, -0.2) is 0 Å². The molecule has 2 saturated carbocycles. The van der Waals surface area contributed by atoms with E-state index in [9.17, 15) is 0 Å². The summed E-state index contributed by atoms with van der Waals surface area (Å²) >= 11 is 0. The number of methoxy groups -OCH3 is 1. The summed E-state index contributed by atoms with van der Waals surface area (Å²) in [5, 5.41) is 3.54. The minimum Gasteiger partial charge on any atom is -0.383 e. The van der Waals surface area contributed by atoms with Gasteiger partial charge in [-0.05, 0) is 45.6 Å². The quantitative estimate of drug-likeness (QED) is 0.754. The smallest absolute Gasteiger partial charge is 0.0589 e. The van der Waals surface area contributed by atoms with Crippen LogP contribution in [0.5, 0.6) is 0 Å². The fourth-order valence-corrected chi connectivity index (χ4v) is 3.56. The summed E-state index contributed by atoms with van der Waals surface area (Å²) in [5.41, 5.74) is 0. The molecule has 2 rings (SSSR count). The summed E-state index contributed by atoms with van der Waals surface area (Å²) < 4.78 is 5.32. The van der Waals surface area contributed by atoms with Crippen LogP contribution in [0.1, 0.15) is 45.4 Å². The van der Waals surface area contributed by atoms with Crippen LogP contribution in [0, 0.1) is 5.92 Å². The average molecular weight is 254 g/mol. The lowest BCUT2D eigenvalue weighted by Crippen LogP contribution is -2.55. The first kappa shape index (κ1) is 14.3. The molecular formula is C15H30N2O. The van der Waals surface area contributed by atoms with E-state index in [0.29, 0.717) is 6.04 Å². The Morgan fingerprint density at radius 3 is 2.56 bits per heavy atom. The van der Waals surface area contributed by atoms with Crippen LogP contribution in [0.15, 0.2) is 0 Å². The van der Waals surface area contributed by atoms with Crippen LogP contribution in [0.3, 0.4) is 0 Å². The predicted octanol–water partition coefficient (Wildman–Crippen LogP) is 2.26. The number of ether oxygens (including phenoxy) is 1. The zero-order valence-corrected chi connectivity index (χ0v) is 12.3. The lowest BCUT2D eigenvalue weighted by Gasteiger charge is -2.43. The highest BCUT2D eigenvalue weighted by molar-refractivity contribution is 4.94. The monoisotopic (exact) mass is 254 g/mol. The molecule has 0 bridgehead atoms. The number of hydrogen-bond donors (Lipinski definition) is 1. The third-order valence-electron chi connectivity index (χ3n) is 4.91. The summed E-state index contributed by atoms with van der Waals surface area (Å²) in [7, 11) is 3.94. The second kappa shape index (κ2) is 6.88. The summed E-state index contributed by atoms with van der Waals surface area (Å²) in [6.07, 6.45) is 8.33. The highest BCUT2D eigenvalue weighted by atomic mass is 16.5. The van der Waals surface area contributed by atoms with Crippen molar-refractivity contribution in [2.45, 2.75) is 63.6 Å². The molecule has 0 aliphatic heterocycles. The van der Waals surface area contributed by atoms with Crippen LogP contribution < -0.4 is 5.32 Å².